The Morgan fingerprint density at radius 2 is 2.60 bits per heavy atom. The third-order valence-corrected chi connectivity index (χ3v) is 3.54. The quantitative estimate of drug-likeness (QED) is 0.744. The number of amides is 1. The van der Waals surface area contributed by atoms with Gasteiger partial charge in [-0.3, -0.25) is 4.79 Å². The molecule has 1 aromatic rings. The van der Waals surface area contributed by atoms with Crippen LogP contribution in [0.4, 0.5) is 0 Å². The van der Waals surface area contributed by atoms with Crippen molar-refractivity contribution in [2.75, 3.05) is 19.0 Å². The Morgan fingerprint density at radius 3 is 3.27 bits per heavy atom. The fraction of sp³-hybridized carbons (Fsp3) is 0.667. The number of hydrogen-bond donors (Lipinski definition) is 0. The Balaban J connectivity index is 2.01. The highest BCUT2D eigenvalue weighted by Crippen LogP contribution is 2.19. The Kier molecular flexibility index (Phi) is 3.53. The van der Waals surface area contributed by atoms with Crippen LogP contribution in [0.1, 0.15) is 23.3 Å². The van der Waals surface area contributed by atoms with Crippen LogP contribution in [0.2, 0.25) is 0 Å². The van der Waals surface area contributed by atoms with E-state index in [1.165, 1.54) is 11.5 Å². The maximum Gasteiger partial charge on any atom is 0.275 e. The van der Waals surface area contributed by atoms with Crippen molar-refractivity contribution < 1.29 is 4.79 Å². The summed E-state index contributed by atoms with van der Waals surface area (Å²) in [5.74, 6) is 1.04. The first kappa shape index (κ1) is 10.8. The molecule has 0 saturated carbocycles. The summed E-state index contributed by atoms with van der Waals surface area (Å²) in [6.45, 7) is 1.56. The van der Waals surface area contributed by atoms with E-state index in [1.54, 1.807) is 5.38 Å². The molecule has 1 unspecified atom stereocenters. The standard InChI is InChI=1S/C9H12ClN3OS/c10-4-7-2-1-3-13(5-7)9(14)8-6-15-12-11-8/h6-7H,1-5H2. The van der Waals surface area contributed by atoms with Gasteiger partial charge in [-0.15, -0.1) is 16.7 Å². The van der Waals surface area contributed by atoms with Crippen molar-refractivity contribution in [3.8, 4) is 0 Å². The maximum atomic E-state index is 11.9. The maximum absolute atomic E-state index is 11.9. The molecule has 1 saturated heterocycles. The van der Waals surface area contributed by atoms with Crippen LogP contribution in [0, 0.1) is 5.92 Å². The third-order valence-electron chi connectivity index (χ3n) is 2.60. The van der Waals surface area contributed by atoms with Crippen LogP contribution in [0.15, 0.2) is 5.38 Å². The summed E-state index contributed by atoms with van der Waals surface area (Å²) in [5, 5.41) is 5.47. The Morgan fingerprint density at radius 1 is 1.73 bits per heavy atom. The SMILES string of the molecule is O=C(c1csnn1)N1CCCC(CCl)C1. The van der Waals surface area contributed by atoms with E-state index >= 15 is 0 Å². The molecule has 1 atom stereocenters. The largest absolute Gasteiger partial charge is 0.337 e. The van der Waals surface area contributed by atoms with Gasteiger partial charge < -0.3 is 4.90 Å². The van der Waals surface area contributed by atoms with Gasteiger partial charge in [0.15, 0.2) is 5.69 Å². The minimum absolute atomic E-state index is 0.0152. The number of aromatic nitrogens is 2. The van der Waals surface area contributed by atoms with Gasteiger partial charge in [0.25, 0.3) is 5.91 Å². The second-order valence-electron chi connectivity index (χ2n) is 3.70. The fourth-order valence-corrected chi connectivity index (χ4v) is 2.48. The molecule has 0 bridgehead atoms. The van der Waals surface area contributed by atoms with Crippen LogP contribution in [0.25, 0.3) is 0 Å². The Labute approximate surface area is 97.4 Å². The van der Waals surface area contributed by atoms with E-state index in [1.807, 2.05) is 4.90 Å². The fourth-order valence-electron chi connectivity index (χ4n) is 1.80. The van der Waals surface area contributed by atoms with Crippen molar-refractivity contribution in [2.24, 2.45) is 5.92 Å². The first-order valence-electron chi connectivity index (χ1n) is 4.93. The lowest BCUT2D eigenvalue weighted by Crippen LogP contribution is -2.40. The lowest BCUT2D eigenvalue weighted by molar-refractivity contribution is 0.0679. The number of carbonyl (C=O) groups is 1. The van der Waals surface area contributed by atoms with E-state index in [2.05, 4.69) is 9.59 Å². The molecule has 2 heterocycles. The second kappa shape index (κ2) is 4.90. The number of nitrogens with zero attached hydrogens (tertiary/aromatic N) is 3. The first-order chi connectivity index (χ1) is 7.31. The summed E-state index contributed by atoms with van der Waals surface area (Å²) in [5.41, 5.74) is 0.454. The van der Waals surface area contributed by atoms with Gasteiger partial charge in [-0.2, -0.15) is 0 Å². The summed E-state index contributed by atoms with van der Waals surface area (Å²) in [4.78, 5) is 13.7. The van der Waals surface area contributed by atoms with Crippen LogP contribution in [0.5, 0.6) is 0 Å². The molecule has 1 aliphatic heterocycles. The average molecular weight is 246 g/mol. The topological polar surface area (TPSA) is 46.1 Å². The van der Waals surface area contributed by atoms with Crippen molar-refractivity contribution in [2.45, 2.75) is 12.8 Å². The number of halogens is 1. The molecule has 0 radical (unpaired) electrons. The number of alkyl halides is 1. The highest BCUT2D eigenvalue weighted by Gasteiger charge is 2.25. The minimum atomic E-state index is -0.0152. The van der Waals surface area contributed by atoms with Crippen LogP contribution in [-0.4, -0.2) is 39.4 Å². The van der Waals surface area contributed by atoms with Crippen molar-refractivity contribution >= 4 is 29.0 Å². The number of carbonyl (C=O) groups excluding carboxylic acids is 1. The predicted molar refractivity (Wildman–Crippen MR) is 59.3 cm³/mol. The summed E-state index contributed by atoms with van der Waals surface area (Å²) in [6, 6.07) is 0. The Bertz CT molecular complexity index is 330. The van der Waals surface area contributed by atoms with Crippen LogP contribution < -0.4 is 0 Å². The molecule has 4 nitrogen and oxygen atoms in total. The van der Waals surface area contributed by atoms with Gasteiger partial charge in [-0.05, 0) is 30.3 Å². The molecule has 0 aliphatic carbocycles. The van der Waals surface area contributed by atoms with E-state index in [9.17, 15) is 4.79 Å². The lowest BCUT2D eigenvalue weighted by Gasteiger charge is -2.31. The molecule has 82 valence electrons. The molecule has 1 amide bonds. The second-order valence-corrected chi connectivity index (χ2v) is 4.62. The van der Waals surface area contributed by atoms with E-state index in [0.717, 1.165) is 25.9 Å². The molecule has 1 fully saturated rings. The van der Waals surface area contributed by atoms with Crippen molar-refractivity contribution in [3.05, 3.63) is 11.1 Å². The van der Waals surface area contributed by atoms with Crippen molar-refractivity contribution in [1.82, 2.24) is 14.5 Å². The summed E-state index contributed by atoms with van der Waals surface area (Å²) in [7, 11) is 0. The van der Waals surface area contributed by atoms with Crippen molar-refractivity contribution in [3.63, 3.8) is 0 Å². The number of hydrogen-bond acceptors (Lipinski definition) is 4. The highest BCUT2D eigenvalue weighted by molar-refractivity contribution is 7.03. The molecule has 6 heteroatoms. The van der Waals surface area contributed by atoms with Crippen molar-refractivity contribution in [1.29, 1.82) is 0 Å². The molecule has 1 aromatic heterocycles. The summed E-state index contributed by atoms with van der Waals surface area (Å²) < 4.78 is 3.70. The molecule has 0 spiro atoms. The molecule has 0 N–H and O–H groups in total. The summed E-state index contributed by atoms with van der Waals surface area (Å²) >= 11 is 7.02. The lowest BCUT2D eigenvalue weighted by atomic mass is 10.00. The predicted octanol–water partition coefficient (Wildman–Crippen LogP) is 1.63. The minimum Gasteiger partial charge on any atom is -0.337 e. The monoisotopic (exact) mass is 245 g/mol. The smallest absolute Gasteiger partial charge is 0.275 e. The van der Waals surface area contributed by atoms with Gasteiger partial charge >= 0.3 is 0 Å². The van der Waals surface area contributed by atoms with Crippen LogP contribution in [-0.2, 0) is 0 Å². The molecular formula is C9H12ClN3OS. The van der Waals surface area contributed by atoms with Gasteiger partial charge in [-0.25, -0.2) is 0 Å². The van der Waals surface area contributed by atoms with Gasteiger partial charge in [0.05, 0.1) is 0 Å². The zero-order valence-corrected chi connectivity index (χ0v) is 9.80. The third kappa shape index (κ3) is 2.46. The Hall–Kier alpha value is -0.680. The first-order valence-corrected chi connectivity index (χ1v) is 6.30. The molecule has 15 heavy (non-hydrogen) atoms. The van der Waals surface area contributed by atoms with Gasteiger partial charge in [0, 0.05) is 24.3 Å². The van der Waals surface area contributed by atoms with Gasteiger partial charge in [0.1, 0.15) is 0 Å². The highest BCUT2D eigenvalue weighted by atomic mass is 35.5. The van der Waals surface area contributed by atoms with Crippen LogP contribution in [0.3, 0.4) is 0 Å². The van der Waals surface area contributed by atoms with Gasteiger partial charge in [0.2, 0.25) is 0 Å². The van der Waals surface area contributed by atoms with Crippen LogP contribution >= 0.6 is 23.1 Å². The van der Waals surface area contributed by atoms with E-state index < -0.39 is 0 Å². The summed E-state index contributed by atoms with van der Waals surface area (Å²) in [6.07, 6.45) is 2.14. The number of likely N-dealkylation sites (tertiary alicyclic amines) is 1. The van der Waals surface area contributed by atoms with E-state index in [-0.39, 0.29) is 5.91 Å². The molecule has 0 aromatic carbocycles. The zero-order valence-electron chi connectivity index (χ0n) is 8.23. The van der Waals surface area contributed by atoms with Gasteiger partial charge in [-0.1, -0.05) is 4.49 Å². The normalized spacial score (nSPS) is 21.7. The van der Waals surface area contributed by atoms with E-state index in [0.29, 0.717) is 17.5 Å². The molecular weight excluding hydrogens is 234 g/mol. The molecule has 1 aliphatic rings. The molecule has 2 rings (SSSR count). The number of piperidine rings is 1. The number of rotatable bonds is 2. The van der Waals surface area contributed by atoms with E-state index in [4.69, 9.17) is 11.6 Å². The zero-order chi connectivity index (χ0) is 10.7. The average Bonchev–Trinajstić information content (AvgIpc) is 2.81.